The molecule has 5 rings (SSSR count). The van der Waals surface area contributed by atoms with Gasteiger partial charge in [-0.2, -0.15) is 15.1 Å². The van der Waals surface area contributed by atoms with Gasteiger partial charge in [-0.1, -0.05) is 25.1 Å². The fourth-order valence-electron chi connectivity index (χ4n) is 4.84. The number of anilines is 3. The first-order chi connectivity index (χ1) is 15.8. The lowest BCUT2D eigenvalue weighted by Crippen LogP contribution is -2.26. The van der Waals surface area contributed by atoms with Crippen molar-refractivity contribution in [2.45, 2.75) is 46.1 Å². The number of para-hydroxylation sites is 1. The van der Waals surface area contributed by atoms with E-state index in [0.717, 1.165) is 35.6 Å². The van der Waals surface area contributed by atoms with Crippen LogP contribution >= 0.6 is 0 Å². The SMILES string of the molecule is CC1CCN(c2nc(NCC3CC(=O)N(c4ccccc4)C3)nc3c2cnn3C(C)(C)C)C1. The Morgan fingerprint density at radius 2 is 1.91 bits per heavy atom. The molecule has 2 aliphatic rings. The number of benzene rings is 1. The molecule has 0 aliphatic carbocycles. The second-order valence-electron chi connectivity index (χ2n) is 10.5. The Bertz CT molecular complexity index is 1150. The second-order valence-corrected chi connectivity index (χ2v) is 10.5. The minimum absolute atomic E-state index is 0.168. The third-order valence-electron chi connectivity index (χ3n) is 6.59. The standard InChI is InChI=1S/C25H33N7O/c1-17-10-11-30(15-17)22-20-14-27-32(25(2,3)4)23(20)29-24(28-22)26-13-18-12-21(33)31(16-18)19-8-6-5-7-9-19/h5-9,14,17-18H,10-13,15-16H2,1-4H3,(H,26,28,29). The van der Waals surface area contributed by atoms with Crippen LogP contribution in [0.25, 0.3) is 11.0 Å². The average molecular weight is 448 g/mol. The molecule has 0 saturated carbocycles. The number of carbonyl (C=O) groups excluding carboxylic acids is 1. The Hall–Kier alpha value is -3.16. The zero-order valence-corrected chi connectivity index (χ0v) is 20.0. The van der Waals surface area contributed by atoms with Crippen molar-refractivity contribution < 1.29 is 4.79 Å². The van der Waals surface area contributed by atoms with Gasteiger partial charge in [-0.05, 0) is 45.2 Å². The molecule has 0 bridgehead atoms. The minimum atomic E-state index is -0.184. The van der Waals surface area contributed by atoms with Gasteiger partial charge in [0.2, 0.25) is 11.9 Å². The molecule has 174 valence electrons. The van der Waals surface area contributed by atoms with Gasteiger partial charge in [-0.15, -0.1) is 0 Å². The van der Waals surface area contributed by atoms with Crippen LogP contribution in [0.3, 0.4) is 0 Å². The number of hydrogen-bond donors (Lipinski definition) is 1. The molecule has 2 aliphatic heterocycles. The van der Waals surface area contributed by atoms with Crippen molar-refractivity contribution in [1.29, 1.82) is 0 Å². The first kappa shape index (κ1) is 21.7. The molecule has 1 aromatic carbocycles. The van der Waals surface area contributed by atoms with Gasteiger partial charge in [0.15, 0.2) is 5.65 Å². The molecule has 2 fully saturated rings. The van der Waals surface area contributed by atoms with Crippen LogP contribution in [0, 0.1) is 11.8 Å². The Kier molecular flexibility index (Phi) is 5.46. The molecule has 0 radical (unpaired) electrons. The topological polar surface area (TPSA) is 79.2 Å². The highest BCUT2D eigenvalue weighted by atomic mass is 16.2. The number of nitrogens with zero attached hydrogens (tertiary/aromatic N) is 6. The lowest BCUT2D eigenvalue weighted by atomic mass is 10.1. The number of amides is 1. The monoisotopic (exact) mass is 447 g/mol. The summed E-state index contributed by atoms with van der Waals surface area (Å²) in [5.74, 6) is 2.59. The van der Waals surface area contributed by atoms with Crippen LogP contribution < -0.4 is 15.1 Å². The lowest BCUT2D eigenvalue weighted by Gasteiger charge is -2.22. The lowest BCUT2D eigenvalue weighted by molar-refractivity contribution is -0.117. The van der Waals surface area contributed by atoms with Gasteiger partial charge in [0, 0.05) is 44.2 Å². The number of hydrogen-bond acceptors (Lipinski definition) is 6. The molecular weight excluding hydrogens is 414 g/mol. The van der Waals surface area contributed by atoms with Crippen LogP contribution in [0.1, 0.15) is 40.5 Å². The van der Waals surface area contributed by atoms with Gasteiger partial charge in [0.1, 0.15) is 5.82 Å². The van der Waals surface area contributed by atoms with Crippen LogP contribution in [0.5, 0.6) is 0 Å². The highest BCUT2D eigenvalue weighted by molar-refractivity contribution is 5.95. The molecule has 1 N–H and O–H groups in total. The molecule has 2 aromatic heterocycles. The summed E-state index contributed by atoms with van der Waals surface area (Å²) in [6, 6.07) is 9.88. The zero-order chi connectivity index (χ0) is 23.2. The Morgan fingerprint density at radius 1 is 1.12 bits per heavy atom. The summed E-state index contributed by atoms with van der Waals surface area (Å²) in [6.45, 7) is 12.0. The Morgan fingerprint density at radius 3 is 2.61 bits per heavy atom. The molecule has 33 heavy (non-hydrogen) atoms. The Balaban J connectivity index is 1.39. The van der Waals surface area contributed by atoms with E-state index in [1.165, 1.54) is 6.42 Å². The van der Waals surface area contributed by atoms with Crippen LogP contribution in [-0.4, -0.2) is 51.8 Å². The molecule has 4 heterocycles. The van der Waals surface area contributed by atoms with E-state index < -0.39 is 0 Å². The molecule has 8 heteroatoms. The average Bonchev–Trinajstić information content (AvgIpc) is 3.50. The van der Waals surface area contributed by atoms with Crippen LogP contribution in [0.2, 0.25) is 0 Å². The van der Waals surface area contributed by atoms with Crippen molar-refractivity contribution in [3.8, 4) is 0 Å². The first-order valence-corrected chi connectivity index (χ1v) is 11.9. The predicted molar refractivity (Wildman–Crippen MR) is 132 cm³/mol. The summed E-state index contributed by atoms with van der Waals surface area (Å²) < 4.78 is 1.98. The largest absolute Gasteiger partial charge is 0.356 e. The van der Waals surface area contributed by atoms with Crippen molar-refractivity contribution in [1.82, 2.24) is 19.7 Å². The number of carbonyl (C=O) groups is 1. The predicted octanol–water partition coefficient (Wildman–Crippen LogP) is 3.89. The van der Waals surface area contributed by atoms with E-state index in [0.29, 0.717) is 31.4 Å². The summed E-state index contributed by atoms with van der Waals surface area (Å²) in [5.41, 5.74) is 1.63. The maximum absolute atomic E-state index is 12.6. The summed E-state index contributed by atoms with van der Waals surface area (Å²) >= 11 is 0. The number of fused-ring (bicyclic) bond motifs is 1. The zero-order valence-electron chi connectivity index (χ0n) is 20.0. The van der Waals surface area contributed by atoms with Crippen molar-refractivity contribution >= 4 is 34.4 Å². The second kappa shape index (κ2) is 8.32. The van der Waals surface area contributed by atoms with Crippen molar-refractivity contribution in [2.75, 3.05) is 41.3 Å². The summed E-state index contributed by atoms with van der Waals surface area (Å²) in [5, 5.41) is 9.10. The van der Waals surface area contributed by atoms with E-state index >= 15 is 0 Å². The molecule has 8 nitrogen and oxygen atoms in total. The van der Waals surface area contributed by atoms with Gasteiger partial charge in [-0.3, -0.25) is 4.79 Å². The van der Waals surface area contributed by atoms with E-state index in [1.54, 1.807) is 0 Å². The van der Waals surface area contributed by atoms with Gasteiger partial charge < -0.3 is 15.1 Å². The molecule has 1 amide bonds. The fraction of sp³-hybridized carbons (Fsp3) is 0.520. The van der Waals surface area contributed by atoms with Crippen LogP contribution in [0.15, 0.2) is 36.5 Å². The van der Waals surface area contributed by atoms with E-state index in [-0.39, 0.29) is 17.4 Å². The third kappa shape index (κ3) is 4.26. The summed E-state index contributed by atoms with van der Waals surface area (Å²) in [4.78, 5) is 26.6. The first-order valence-electron chi connectivity index (χ1n) is 11.9. The molecule has 2 unspecified atom stereocenters. The Labute approximate surface area is 195 Å². The minimum Gasteiger partial charge on any atom is -0.356 e. The van der Waals surface area contributed by atoms with Gasteiger partial charge >= 0.3 is 0 Å². The van der Waals surface area contributed by atoms with Crippen LogP contribution in [0.4, 0.5) is 17.5 Å². The third-order valence-corrected chi connectivity index (χ3v) is 6.59. The normalized spacial score (nSPS) is 21.4. The molecule has 3 aromatic rings. The van der Waals surface area contributed by atoms with Crippen molar-refractivity contribution in [2.24, 2.45) is 11.8 Å². The smallest absolute Gasteiger partial charge is 0.227 e. The van der Waals surface area contributed by atoms with Crippen molar-refractivity contribution in [3.05, 3.63) is 36.5 Å². The fourth-order valence-corrected chi connectivity index (χ4v) is 4.84. The molecular formula is C25H33N7O. The van der Waals surface area contributed by atoms with E-state index in [4.69, 9.17) is 9.97 Å². The number of nitrogens with one attached hydrogen (secondary N) is 1. The maximum Gasteiger partial charge on any atom is 0.227 e. The van der Waals surface area contributed by atoms with Gasteiger partial charge in [0.25, 0.3) is 0 Å². The van der Waals surface area contributed by atoms with Crippen LogP contribution in [-0.2, 0) is 10.3 Å². The van der Waals surface area contributed by atoms with Gasteiger partial charge in [0.05, 0.1) is 17.1 Å². The van der Waals surface area contributed by atoms with E-state index in [1.807, 2.05) is 46.1 Å². The summed E-state index contributed by atoms with van der Waals surface area (Å²) in [7, 11) is 0. The van der Waals surface area contributed by atoms with E-state index in [9.17, 15) is 4.79 Å². The highest BCUT2D eigenvalue weighted by Gasteiger charge is 2.31. The maximum atomic E-state index is 12.6. The summed E-state index contributed by atoms with van der Waals surface area (Å²) in [6.07, 6.45) is 3.60. The highest BCUT2D eigenvalue weighted by Crippen LogP contribution is 2.32. The van der Waals surface area contributed by atoms with Crippen molar-refractivity contribution in [3.63, 3.8) is 0 Å². The molecule has 0 spiro atoms. The molecule has 2 saturated heterocycles. The quantitative estimate of drug-likeness (QED) is 0.639. The van der Waals surface area contributed by atoms with E-state index in [2.05, 4.69) is 43.0 Å². The van der Waals surface area contributed by atoms with Gasteiger partial charge in [-0.25, -0.2) is 4.68 Å². The molecule has 2 atom stereocenters. The number of aromatic nitrogens is 4. The number of rotatable bonds is 5.